The highest BCUT2D eigenvalue weighted by Gasteiger charge is 2.07. The summed E-state index contributed by atoms with van der Waals surface area (Å²) in [4.78, 5) is 13.4. The molecule has 0 radical (unpaired) electrons. The minimum Gasteiger partial charge on any atom is -0.369 e. The Hall–Kier alpha value is -3.18. The van der Waals surface area contributed by atoms with Gasteiger partial charge in [-0.25, -0.2) is 15.0 Å². The second kappa shape index (κ2) is 8.67. The van der Waals surface area contributed by atoms with Gasteiger partial charge < -0.3 is 9.88 Å². The van der Waals surface area contributed by atoms with Crippen molar-refractivity contribution >= 4 is 40.5 Å². The maximum Gasteiger partial charge on any atom is 0.154 e. The Labute approximate surface area is 168 Å². The highest BCUT2D eigenvalue weighted by atomic mass is 35.5. The number of rotatable bonds is 7. The summed E-state index contributed by atoms with van der Waals surface area (Å²) in [7, 11) is 0. The molecule has 2 heterocycles. The number of nitrogens with one attached hydrogen (secondary N) is 1. The topological polar surface area (TPSA) is 55.6 Å². The van der Waals surface area contributed by atoms with E-state index in [-0.39, 0.29) is 0 Å². The quantitative estimate of drug-likeness (QED) is 0.444. The fourth-order valence-electron chi connectivity index (χ4n) is 2.95. The molecule has 2 aromatic heterocycles. The number of aromatic nitrogens is 4. The molecule has 0 amide bonds. The molecule has 5 nitrogen and oxygen atoms in total. The van der Waals surface area contributed by atoms with Gasteiger partial charge in [-0.3, -0.25) is 0 Å². The highest BCUT2D eigenvalue weighted by molar-refractivity contribution is 6.31. The van der Waals surface area contributed by atoms with Crippen LogP contribution in [0.3, 0.4) is 0 Å². The van der Waals surface area contributed by atoms with Crippen LogP contribution in [-0.2, 0) is 6.54 Å². The van der Waals surface area contributed by atoms with Crippen molar-refractivity contribution in [1.82, 2.24) is 19.5 Å². The first-order valence-electron chi connectivity index (χ1n) is 9.18. The van der Waals surface area contributed by atoms with Gasteiger partial charge in [0.15, 0.2) is 5.82 Å². The Morgan fingerprint density at radius 2 is 1.93 bits per heavy atom. The van der Waals surface area contributed by atoms with Crippen molar-refractivity contribution in [1.29, 1.82) is 0 Å². The van der Waals surface area contributed by atoms with Crippen LogP contribution in [0.2, 0.25) is 5.02 Å². The molecule has 0 atom stereocenters. The van der Waals surface area contributed by atoms with Gasteiger partial charge in [0.25, 0.3) is 0 Å². The molecule has 0 saturated carbocycles. The predicted molar refractivity (Wildman–Crippen MR) is 115 cm³/mol. The molecule has 0 aliphatic carbocycles. The Kier molecular flexibility index (Phi) is 5.64. The van der Waals surface area contributed by atoms with Crippen molar-refractivity contribution in [2.75, 3.05) is 11.9 Å². The second-order valence-corrected chi connectivity index (χ2v) is 6.85. The van der Waals surface area contributed by atoms with Crippen molar-refractivity contribution in [3.8, 4) is 0 Å². The minimum absolute atomic E-state index is 0.649. The van der Waals surface area contributed by atoms with Gasteiger partial charge in [-0.1, -0.05) is 48.0 Å². The van der Waals surface area contributed by atoms with Crippen LogP contribution in [-0.4, -0.2) is 26.1 Å². The summed E-state index contributed by atoms with van der Waals surface area (Å²) in [5, 5.41) is 5.07. The summed E-state index contributed by atoms with van der Waals surface area (Å²) in [5.41, 5.74) is 1.93. The lowest BCUT2D eigenvalue weighted by Crippen LogP contribution is -2.08. The fraction of sp³-hybridized carbons (Fsp3) is 0.136. The Balaban J connectivity index is 1.55. The van der Waals surface area contributed by atoms with E-state index in [0.29, 0.717) is 10.8 Å². The summed E-state index contributed by atoms with van der Waals surface area (Å²) < 4.78 is 2.06. The molecule has 0 bridgehead atoms. The predicted octanol–water partition coefficient (Wildman–Crippen LogP) is 5.15. The third kappa shape index (κ3) is 4.56. The van der Waals surface area contributed by atoms with Crippen LogP contribution in [0.5, 0.6) is 0 Å². The molecule has 4 rings (SSSR count). The van der Waals surface area contributed by atoms with Gasteiger partial charge in [-0.05, 0) is 36.3 Å². The maximum atomic E-state index is 6.17. The molecule has 6 heteroatoms. The molecule has 4 aromatic rings. The number of halogens is 1. The normalized spacial score (nSPS) is 11.3. The summed E-state index contributed by atoms with van der Waals surface area (Å²) in [6.07, 6.45) is 10.5. The molecule has 0 spiro atoms. The van der Waals surface area contributed by atoms with E-state index < -0.39 is 0 Å². The molecule has 0 aliphatic rings. The van der Waals surface area contributed by atoms with Crippen LogP contribution in [0.4, 0.5) is 5.82 Å². The average molecular weight is 390 g/mol. The first-order valence-corrected chi connectivity index (χ1v) is 9.56. The molecule has 1 N–H and O–H groups in total. The number of aryl methyl sites for hydroxylation is 1. The van der Waals surface area contributed by atoms with E-state index in [1.54, 1.807) is 6.20 Å². The van der Waals surface area contributed by atoms with Crippen LogP contribution in [0.25, 0.3) is 23.1 Å². The van der Waals surface area contributed by atoms with Gasteiger partial charge in [0.05, 0.1) is 11.8 Å². The number of hydrogen-bond acceptors (Lipinski definition) is 4. The van der Waals surface area contributed by atoms with Gasteiger partial charge in [0.1, 0.15) is 5.82 Å². The van der Waals surface area contributed by atoms with Crippen LogP contribution < -0.4 is 5.32 Å². The molecule has 28 heavy (non-hydrogen) atoms. The third-order valence-electron chi connectivity index (χ3n) is 4.35. The van der Waals surface area contributed by atoms with Crippen LogP contribution >= 0.6 is 11.6 Å². The fourth-order valence-corrected chi connectivity index (χ4v) is 3.12. The minimum atomic E-state index is 0.649. The molecule has 0 aliphatic heterocycles. The van der Waals surface area contributed by atoms with Crippen LogP contribution in [0, 0.1) is 0 Å². The van der Waals surface area contributed by atoms with Crippen molar-refractivity contribution < 1.29 is 0 Å². The number of fused-ring (bicyclic) bond motifs is 1. The van der Waals surface area contributed by atoms with Gasteiger partial charge in [0.2, 0.25) is 0 Å². The summed E-state index contributed by atoms with van der Waals surface area (Å²) in [6.45, 7) is 1.71. The molecule has 140 valence electrons. The molecule has 0 unspecified atom stereocenters. The largest absolute Gasteiger partial charge is 0.369 e. The van der Waals surface area contributed by atoms with Gasteiger partial charge in [0, 0.05) is 35.9 Å². The monoisotopic (exact) mass is 389 g/mol. The van der Waals surface area contributed by atoms with E-state index in [4.69, 9.17) is 16.6 Å². The number of benzene rings is 2. The zero-order valence-electron chi connectivity index (χ0n) is 15.3. The first-order chi connectivity index (χ1) is 13.8. The molecular weight excluding hydrogens is 370 g/mol. The van der Waals surface area contributed by atoms with Crippen molar-refractivity contribution in [2.45, 2.75) is 13.0 Å². The number of nitrogens with zero attached hydrogens (tertiary/aromatic N) is 4. The van der Waals surface area contributed by atoms with Crippen LogP contribution in [0.1, 0.15) is 17.8 Å². The maximum absolute atomic E-state index is 6.17. The van der Waals surface area contributed by atoms with E-state index in [1.807, 2.05) is 73.2 Å². The average Bonchev–Trinajstić information content (AvgIpc) is 3.23. The molecule has 0 saturated heterocycles. The van der Waals surface area contributed by atoms with Crippen molar-refractivity contribution in [3.05, 3.63) is 83.7 Å². The van der Waals surface area contributed by atoms with Gasteiger partial charge in [-0.15, -0.1) is 0 Å². The molecule has 0 fully saturated rings. The number of anilines is 1. The summed E-state index contributed by atoms with van der Waals surface area (Å²) in [5.74, 6) is 1.47. The van der Waals surface area contributed by atoms with E-state index >= 15 is 0 Å². The molecule has 2 aromatic carbocycles. The van der Waals surface area contributed by atoms with E-state index in [0.717, 1.165) is 41.8 Å². The lowest BCUT2D eigenvalue weighted by molar-refractivity contribution is 0.660. The second-order valence-electron chi connectivity index (χ2n) is 6.42. The van der Waals surface area contributed by atoms with E-state index in [1.165, 1.54) is 0 Å². The lowest BCUT2D eigenvalue weighted by Gasteiger charge is -2.10. The SMILES string of the molecule is Clc1ccc2c(NCCCn3ccnc3)nc(/C=C/c3ccccc3)nc2c1. The van der Waals surface area contributed by atoms with Crippen molar-refractivity contribution in [2.24, 2.45) is 0 Å². The van der Waals surface area contributed by atoms with Gasteiger partial charge in [-0.2, -0.15) is 0 Å². The van der Waals surface area contributed by atoms with E-state index in [9.17, 15) is 0 Å². The van der Waals surface area contributed by atoms with Crippen LogP contribution in [0.15, 0.2) is 67.3 Å². The van der Waals surface area contributed by atoms with Crippen molar-refractivity contribution in [3.63, 3.8) is 0 Å². The van der Waals surface area contributed by atoms with Gasteiger partial charge >= 0.3 is 0 Å². The first kappa shape index (κ1) is 18.2. The Morgan fingerprint density at radius 3 is 2.75 bits per heavy atom. The zero-order chi connectivity index (χ0) is 19.2. The molecular formula is C22H20ClN5. The Morgan fingerprint density at radius 1 is 1.04 bits per heavy atom. The summed E-state index contributed by atoms with van der Waals surface area (Å²) >= 11 is 6.17. The Bertz CT molecular complexity index is 1070. The summed E-state index contributed by atoms with van der Waals surface area (Å²) in [6, 6.07) is 15.8. The smallest absolute Gasteiger partial charge is 0.154 e. The lowest BCUT2D eigenvalue weighted by atomic mass is 10.2. The number of hydrogen-bond donors (Lipinski definition) is 1. The number of imidazole rings is 1. The highest BCUT2D eigenvalue weighted by Crippen LogP contribution is 2.24. The standard InChI is InChI=1S/C22H20ClN5/c23-18-8-9-19-20(15-18)26-21(10-7-17-5-2-1-3-6-17)27-22(19)25-11-4-13-28-14-12-24-16-28/h1-3,5-10,12,14-16H,4,11,13H2,(H,25,26,27)/b10-7+. The van der Waals surface area contributed by atoms with E-state index in [2.05, 4.69) is 19.9 Å². The zero-order valence-corrected chi connectivity index (χ0v) is 16.0. The third-order valence-corrected chi connectivity index (χ3v) is 4.58.